The van der Waals surface area contributed by atoms with Gasteiger partial charge in [-0.2, -0.15) is 0 Å². The molecule has 0 fully saturated rings. The van der Waals surface area contributed by atoms with Gasteiger partial charge >= 0.3 is 0 Å². The van der Waals surface area contributed by atoms with Gasteiger partial charge < -0.3 is 0 Å². The summed E-state index contributed by atoms with van der Waals surface area (Å²) in [6, 6.07) is 0. The van der Waals surface area contributed by atoms with Crippen molar-refractivity contribution in [2.75, 3.05) is 14.1 Å². The Bertz CT molecular complexity index is 8.00. The smallest absolute Gasteiger partial charge is 0.0877 e. The number of hydrogen-bond acceptors (Lipinski definition) is 1. The molecule has 0 aromatic carbocycles. The van der Waals surface area contributed by atoms with Gasteiger partial charge in [-0.05, 0) is 14.1 Å². The molecule has 0 atom stereocenters. The highest BCUT2D eigenvalue weighted by Gasteiger charge is 1.60. The molecule has 1 nitrogen and oxygen atoms in total. The van der Waals surface area contributed by atoms with E-state index in [1.807, 2.05) is 0 Å². The Morgan fingerprint density at radius 1 is 1.50 bits per heavy atom. The van der Waals surface area contributed by atoms with Gasteiger partial charge in [0.2, 0.25) is 0 Å². The lowest BCUT2D eigenvalue weighted by Gasteiger charge is -1.88. The van der Waals surface area contributed by atoms with Crippen molar-refractivity contribution in [3.8, 4) is 0 Å². The van der Waals surface area contributed by atoms with E-state index in [1.165, 1.54) is 4.90 Å². The Morgan fingerprint density at radius 2 is 1.50 bits per heavy atom. The molecule has 0 bridgehead atoms. The normalized spacial score (nSPS) is 9.00. The summed E-state index contributed by atoms with van der Waals surface area (Å²) in [5, 5.41) is 0. The van der Waals surface area contributed by atoms with Crippen LogP contribution in [-0.2, 0) is 0 Å². The molecule has 23 valence electrons. The van der Waals surface area contributed by atoms with Crippen LogP contribution in [0.25, 0.3) is 0 Å². The first-order valence-corrected chi connectivity index (χ1v) is 1.12. The molecule has 0 aliphatic carbocycles. The molecule has 0 spiro atoms. The predicted octanol–water partition coefficient (Wildman–Crippen LogP) is 0.0936. The molecule has 0 aliphatic heterocycles. The Labute approximate surface area is 27.2 Å². The summed E-state index contributed by atoms with van der Waals surface area (Å²) in [6.45, 7) is 0. The van der Waals surface area contributed by atoms with E-state index < -0.39 is 0 Å². The van der Waals surface area contributed by atoms with Gasteiger partial charge in [0, 0.05) is 0 Å². The maximum Gasteiger partial charge on any atom is 0.0877 e. The Morgan fingerprint density at radius 3 is 1.50 bits per heavy atom. The van der Waals surface area contributed by atoms with E-state index in [4.69, 9.17) is 7.05 Å². The summed E-state index contributed by atoms with van der Waals surface area (Å²) in [7, 11) is 9.75. The maximum absolute atomic E-state index is 6.42. The van der Waals surface area contributed by atoms with Crippen molar-refractivity contribution >= 4 is 0 Å². The quantitative estimate of drug-likeness (QED) is 0.380. The zero-order valence-corrected chi connectivity index (χ0v) is 2.95. The van der Waals surface area contributed by atoms with E-state index in [1.54, 1.807) is 14.1 Å². The van der Waals surface area contributed by atoms with Gasteiger partial charge in [0.05, 0.1) is 7.05 Å². The Hall–Kier alpha value is -0.0400. The molecule has 0 N–H and O–H groups in total. The van der Waals surface area contributed by atoms with Crippen LogP contribution in [0.15, 0.2) is 0 Å². The first-order valence-electron chi connectivity index (χ1n) is 1.12. The number of hydrogen-bond donors (Lipinski definition) is 0. The van der Waals surface area contributed by atoms with Gasteiger partial charge in [0.1, 0.15) is 0 Å². The Balaban J connectivity index is 2.32. The van der Waals surface area contributed by atoms with Gasteiger partial charge in [0.15, 0.2) is 0 Å². The van der Waals surface area contributed by atoms with Crippen LogP contribution in [0.3, 0.4) is 0 Å². The highest BCUT2D eigenvalue weighted by atomic mass is 15.0. The van der Waals surface area contributed by atoms with E-state index in [0.29, 0.717) is 0 Å². The van der Waals surface area contributed by atoms with Crippen molar-refractivity contribution < 1.29 is 0 Å². The van der Waals surface area contributed by atoms with Crippen LogP contribution >= 0.6 is 0 Å². The highest BCUT2D eigenvalue weighted by Crippen LogP contribution is 1.53. The van der Waals surface area contributed by atoms with Crippen LogP contribution in [0, 0.1) is 7.05 Å². The molecule has 0 aliphatic rings. The summed E-state index contributed by atoms with van der Waals surface area (Å²) in [5.41, 5.74) is 0. The zero-order chi connectivity index (χ0) is 3.58. The predicted molar refractivity (Wildman–Crippen MR) is 16.9 cm³/mol. The van der Waals surface area contributed by atoms with Crippen molar-refractivity contribution in [1.82, 2.24) is 4.90 Å². The summed E-state index contributed by atoms with van der Waals surface area (Å²) in [6.07, 6.45) is 0. The van der Waals surface area contributed by atoms with Crippen LogP contribution in [0.4, 0.5) is 0 Å². The first-order chi connectivity index (χ1) is 1.73. The van der Waals surface area contributed by atoms with Gasteiger partial charge in [0.25, 0.3) is 0 Å². The third kappa shape index (κ3) is 1130. The lowest BCUT2D eigenvalue weighted by Crippen LogP contribution is -1.95. The fraction of sp³-hybridized carbons (Fsp3) is 0.667. The van der Waals surface area contributed by atoms with Crippen LogP contribution in [0.2, 0.25) is 0 Å². The second kappa shape index (κ2) is 1.30. The summed E-state index contributed by atoms with van der Waals surface area (Å²) in [4.78, 5) is 1.25. The second-order valence-electron chi connectivity index (χ2n) is 0.894. The van der Waals surface area contributed by atoms with Crippen molar-refractivity contribution in [2.45, 2.75) is 0 Å². The summed E-state index contributed by atoms with van der Waals surface area (Å²) < 4.78 is 0. The van der Waals surface area contributed by atoms with E-state index in [-0.39, 0.29) is 0 Å². The third-order valence-corrected chi connectivity index (χ3v) is 0. The SMILES string of the molecule is [C]N(C)C. The van der Waals surface area contributed by atoms with Crippen molar-refractivity contribution in [1.29, 1.82) is 0 Å². The van der Waals surface area contributed by atoms with Crippen molar-refractivity contribution in [2.24, 2.45) is 0 Å². The first kappa shape index (κ1) is 3.96. The van der Waals surface area contributed by atoms with Gasteiger partial charge in [-0.25, -0.2) is 0 Å². The minimum atomic E-state index is 1.25. The minimum absolute atomic E-state index is 1.25. The molecule has 0 unspecified atom stereocenters. The maximum atomic E-state index is 6.42. The number of rotatable bonds is 0. The molecular formula is C3H6N. The standard InChI is InChI=1S/C3H6N/c1-4(2)3/h1-2H3. The Kier molecular flexibility index (Phi) is 1.28. The largest absolute Gasteiger partial charge is 0.298 e. The lowest BCUT2D eigenvalue weighted by molar-refractivity contribution is 0.557. The molecule has 0 saturated heterocycles. The van der Waals surface area contributed by atoms with Gasteiger partial charge in [-0.1, -0.05) is 0 Å². The van der Waals surface area contributed by atoms with Crippen LogP contribution in [0.5, 0.6) is 0 Å². The fourth-order valence-electron chi connectivity index (χ4n) is 0. The van der Waals surface area contributed by atoms with Gasteiger partial charge in [-0.15, -0.1) is 0 Å². The molecule has 0 aromatic heterocycles. The molecule has 1 heteroatoms. The molecule has 3 radical (unpaired) electrons. The van der Waals surface area contributed by atoms with E-state index >= 15 is 0 Å². The van der Waals surface area contributed by atoms with Crippen molar-refractivity contribution in [3.05, 3.63) is 7.05 Å². The molecule has 0 saturated carbocycles. The average Bonchev–Trinajstić information content (AvgIpc) is 0.811. The van der Waals surface area contributed by atoms with E-state index in [2.05, 4.69) is 0 Å². The highest BCUT2D eigenvalue weighted by molar-refractivity contribution is 4.22. The molecule has 4 heavy (non-hydrogen) atoms. The molecule has 0 aromatic rings. The molecule has 0 rings (SSSR count). The van der Waals surface area contributed by atoms with Gasteiger partial charge in [-0.3, -0.25) is 4.90 Å². The fourth-order valence-corrected chi connectivity index (χ4v) is 0. The van der Waals surface area contributed by atoms with E-state index in [9.17, 15) is 0 Å². The molecular weight excluding hydrogens is 50.0 g/mol. The molecule has 0 amide bonds. The van der Waals surface area contributed by atoms with Crippen LogP contribution in [0.1, 0.15) is 0 Å². The van der Waals surface area contributed by atoms with Crippen LogP contribution < -0.4 is 0 Å². The molecule has 0 heterocycles. The number of nitrogens with zero attached hydrogens (tertiary/aromatic N) is 1. The average molecular weight is 56.1 g/mol. The third-order valence-electron chi connectivity index (χ3n) is 0. The lowest BCUT2D eigenvalue weighted by atomic mass is 11.0. The van der Waals surface area contributed by atoms with Crippen molar-refractivity contribution in [3.63, 3.8) is 0 Å². The summed E-state index contributed by atoms with van der Waals surface area (Å²) in [5.74, 6) is 0. The van der Waals surface area contributed by atoms with E-state index in [0.717, 1.165) is 0 Å². The van der Waals surface area contributed by atoms with Crippen LogP contribution in [-0.4, -0.2) is 19.0 Å². The zero-order valence-electron chi connectivity index (χ0n) is 2.95. The second-order valence-corrected chi connectivity index (χ2v) is 0.894. The topological polar surface area (TPSA) is 3.24 Å². The minimum Gasteiger partial charge on any atom is -0.298 e. The monoisotopic (exact) mass is 56.1 g/mol. The summed E-state index contributed by atoms with van der Waals surface area (Å²) >= 11 is 0.